The standard InChI is InChI=1S/C12H18N2O4/c1-7-4-5-18-9(7)10(16)14-6-8(15)13-11(17)12(14,2)3/h7,9H,4-6H2,1-3H3,(H,13,15,17). The number of carbonyl (C=O) groups is 3. The van der Waals surface area contributed by atoms with Gasteiger partial charge in [-0.15, -0.1) is 0 Å². The van der Waals surface area contributed by atoms with E-state index >= 15 is 0 Å². The van der Waals surface area contributed by atoms with Gasteiger partial charge < -0.3 is 9.64 Å². The summed E-state index contributed by atoms with van der Waals surface area (Å²) in [5.41, 5.74) is -1.02. The van der Waals surface area contributed by atoms with E-state index < -0.39 is 23.5 Å². The van der Waals surface area contributed by atoms with Crippen LogP contribution < -0.4 is 5.32 Å². The first-order chi connectivity index (χ1) is 8.34. The Morgan fingerprint density at radius 1 is 1.44 bits per heavy atom. The monoisotopic (exact) mass is 254 g/mol. The molecule has 18 heavy (non-hydrogen) atoms. The highest BCUT2D eigenvalue weighted by atomic mass is 16.5. The van der Waals surface area contributed by atoms with Crippen molar-refractivity contribution >= 4 is 17.7 Å². The maximum Gasteiger partial charge on any atom is 0.253 e. The molecule has 0 saturated carbocycles. The Kier molecular flexibility index (Phi) is 3.14. The third-order valence-corrected chi connectivity index (χ3v) is 3.68. The highest BCUT2D eigenvalue weighted by molar-refractivity contribution is 6.06. The van der Waals surface area contributed by atoms with E-state index in [0.717, 1.165) is 6.42 Å². The first-order valence-electron chi connectivity index (χ1n) is 6.11. The van der Waals surface area contributed by atoms with Crippen LogP contribution in [0, 0.1) is 5.92 Å². The minimum Gasteiger partial charge on any atom is -0.368 e. The molecule has 0 aromatic heterocycles. The van der Waals surface area contributed by atoms with Crippen LogP contribution in [0.4, 0.5) is 0 Å². The van der Waals surface area contributed by atoms with Gasteiger partial charge in [0.15, 0.2) is 0 Å². The number of carbonyl (C=O) groups excluding carboxylic acids is 3. The Labute approximate surface area is 106 Å². The number of piperazine rings is 1. The molecule has 6 nitrogen and oxygen atoms in total. The van der Waals surface area contributed by atoms with E-state index in [1.165, 1.54) is 4.90 Å². The van der Waals surface area contributed by atoms with Gasteiger partial charge in [-0.25, -0.2) is 0 Å². The zero-order valence-electron chi connectivity index (χ0n) is 10.9. The maximum absolute atomic E-state index is 12.4. The molecule has 2 unspecified atom stereocenters. The van der Waals surface area contributed by atoms with Crippen molar-refractivity contribution in [3.8, 4) is 0 Å². The largest absolute Gasteiger partial charge is 0.368 e. The van der Waals surface area contributed by atoms with Crippen LogP contribution in [0.5, 0.6) is 0 Å². The summed E-state index contributed by atoms with van der Waals surface area (Å²) >= 11 is 0. The second-order valence-electron chi connectivity index (χ2n) is 5.42. The predicted octanol–water partition coefficient (Wildman–Crippen LogP) is -0.325. The van der Waals surface area contributed by atoms with Crippen molar-refractivity contribution < 1.29 is 19.1 Å². The number of ether oxygens (including phenoxy) is 1. The molecule has 6 heteroatoms. The van der Waals surface area contributed by atoms with Gasteiger partial charge in [-0.3, -0.25) is 19.7 Å². The molecule has 1 N–H and O–H groups in total. The van der Waals surface area contributed by atoms with E-state index in [4.69, 9.17) is 4.74 Å². The third-order valence-electron chi connectivity index (χ3n) is 3.68. The SMILES string of the molecule is CC1CCOC1C(=O)N1CC(=O)NC(=O)C1(C)C. The third kappa shape index (κ3) is 2.01. The fourth-order valence-corrected chi connectivity index (χ4v) is 2.30. The Morgan fingerprint density at radius 2 is 2.11 bits per heavy atom. The fraction of sp³-hybridized carbons (Fsp3) is 0.750. The van der Waals surface area contributed by atoms with Gasteiger partial charge in [0, 0.05) is 6.61 Å². The van der Waals surface area contributed by atoms with E-state index in [2.05, 4.69) is 5.32 Å². The van der Waals surface area contributed by atoms with Crippen molar-refractivity contribution in [1.29, 1.82) is 0 Å². The highest BCUT2D eigenvalue weighted by Crippen LogP contribution is 2.26. The van der Waals surface area contributed by atoms with Crippen LogP contribution in [-0.2, 0) is 19.1 Å². The van der Waals surface area contributed by atoms with Gasteiger partial charge in [0.05, 0.1) is 0 Å². The zero-order chi connectivity index (χ0) is 13.5. The molecule has 2 rings (SSSR count). The van der Waals surface area contributed by atoms with Crippen LogP contribution >= 0.6 is 0 Å². The lowest BCUT2D eigenvalue weighted by atomic mass is 9.95. The summed E-state index contributed by atoms with van der Waals surface area (Å²) in [5, 5.41) is 2.24. The van der Waals surface area contributed by atoms with Crippen molar-refractivity contribution in [1.82, 2.24) is 10.2 Å². The van der Waals surface area contributed by atoms with E-state index in [0.29, 0.717) is 6.61 Å². The van der Waals surface area contributed by atoms with Crippen LogP contribution in [0.15, 0.2) is 0 Å². The maximum atomic E-state index is 12.4. The van der Waals surface area contributed by atoms with Gasteiger partial charge >= 0.3 is 0 Å². The molecule has 2 aliphatic heterocycles. The molecule has 2 atom stereocenters. The number of nitrogens with one attached hydrogen (secondary N) is 1. The summed E-state index contributed by atoms with van der Waals surface area (Å²) in [7, 11) is 0. The quantitative estimate of drug-likeness (QED) is 0.650. The van der Waals surface area contributed by atoms with Crippen LogP contribution in [-0.4, -0.2) is 47.4 Å². The molecule has 0 aromatic carbocycles. The fourth-order valence-electron chi connectivity index (χ4n) is 2.30. The molecular weight excluding hydrogens is 236 g/mol. The Hall–Kier alpha value is -1.43. The number of amides is 3. The molecule has 0 bridgehead atoms. The number of imide groups is 1. The Bertz CT molecular complexity index is 405. The van der Waals surface area contributed by atoms with Gasteiger partial charge in [-0.1, -0.05) is 6.92 Å². The first kappa shape index (κ1) is 13.0. The molecule has 0 aromatic rings. The molecule has 0 aliphatic carbocycles. The Balaban J connectivity index is 2.22. The molecule has 2 aliphatic rings. The van der Waals surface area contributed by atoms with Crippen LogP contribution in [0.25, 0.3) is 0 Å². The number of hydrogen-bond acceptors (Lipinski definition) is 4. The van der Waals surface area contributed by atoms with Crippen LogP contribution in [0.2, 0.25) is 0 Å². The molecule has 2 heterocycles. The molecule has 0 spiro atoms. The normalized spacial score (nSPS) is 31.4. The van der Waals surface area contributed by atoms with Crippen molar-refractivity contribution in [2.75, 3.05) is 13.2 Å². The summed E-state index contributed by atoms with van der Waals surface area (Å²) in [5.74, 6) is -1.04. The second-order valence-corrected chi connectivity index (χ2v) is 5.42. The Morgan fingerprint density at radius 3 is 2.67 bits per heavy atom. The minimum absolute atomic E-state index is 0.0931. The molecule has 2 fully saturated rings. The summed E-state index contributed by atoms with van der Waals surface area (Å²) < 4.78 is 5.41. The van der Waals surface area contributed by atoms with Gasteiger partial charge in [-0.05, 0) is 26.2 Å². The van der Waals surface area contributed by atoms with E-state index in [1.54, 1.807) is 13.8 Å². The van der Waals surface area contributed by atoms with Crippen LogP contribution in [0.1, 0.15) is 27.2 Å². The van der Waals surface area contributed by atoms with Gasteiger partial charge in [-0.2, -0.15) is 0 Å². The van der Waals surface area contributed by atoms with Gasteiger partial charge in [0.25, 0.3) is 11.8 Å². The van der Waals surface area contributed by atoms with Gasteiger partial charge in [0.1, 0.15) is 18.2 Å². The molecule has 3 amide bonds. The number of nitrogens with zero attached hydrogens (tertiary/aromatic N) is 1. The lowest BCUT2D eigenvalue weighted by Gasteiger charge is -2.41. The topological polar surface area (TPSA) is 75.7 Å². The first-order valence-corrected chi connectivity index (χ1v) is 6.11. The molecule has 0 radical (unpaired) electrons. The van der Waals surface area contributed by atoms with E-state index in [1.807, 2.05) is 6.92 Å². The van der Waals surface area contributed by atoms with Crippen molar-refractivity contribution in [2.45, 2.75) is 38.8 Å². The van der Waals surface area contributed by atoms with Crippen LogP contribution in [0.3, 0.4) is 0 Å². The number of rotatable bonds is 1. The van der Waals surface area contributed by atoms with Gasteiger partial charge in [0.2, 0.25) is 5.91 Å². The lowest BCUT2D eigenvalue weighted by Crippen LogP contribution is -2.67. The second kappa shape index (κ2) is 4.35. The predicted molar refractivity (Wildman–Crippen MR) is 62.5 cm³/mol. The summed E-state index contributed by atoms with van der Waals surface area (Å²) in [6.45, 7) is 5.66. The minimum atomic E-state index is -1.02. The summed E-state index contributed by atoms with van der Waals surface area (Å²) in [6.07, 6.45) is 0.285. The summed E-state index contributed by atoms with van der Waals surface area (Å²) in [4.78, 5) is 36.9. The number of hydrogen-bond donors (Lipinski definition) is 1. The average molecular weight is 254 g/mol. The van der Waals surface area contributed by atoms with Crippen molar-refractivity contribution in [3.05, 3.63) is 0 Å². The molecular formula is C12H18N2O4. The summed E-state index contributed by atoms with van der Waals surface area (Å²) in [6, 6.07) is 0. The average Bonchev–Trinajstić information content (AvgIpc) is 2.69. The zero-order valence-corrected chi connectivity index (χ0v) is 10.9. The van der Waals surface area contributed by atoms with E-state index in [-0.39, 0.29) is 18.4 Å². The van der Waals surface area contributed by atoms with Crippen molar-refractivity contribution in [2.24, 2.45) is 5.92 Å². The lowest BCUT2D eigenvalue weighted by molar-refractivity contribution is -0.161. The highest BCUT2D eigenvalue weighted by Gasteiger charge is 2.47. The molecule has 100 valence electrons. The molecule has 2 saturated heterocycles. The van der Waals surface area contributed by atoms with Crippen molar-refractivity contribution in [3.63, 3.8) is 0 Å². The smallest absolute Gasteiger partial charge is 0.253 e. The van der Waals surface area contributed by atoms with E-state index in [9.17, 15) is 14.4 Å².